The Hall–Kier alpha value is -1.92. The van der Waals surface area contributed by atoms with Gasteiger partial charge in [-0.15, -0.1) is 0 Å². The Morgan fingerprint density at radius 1 is 1.11 bits per heavy atom. The van der Waals surface area contributed by atoms with E-state index in [4.69, 9.17) is 0 Å². The Bertz CT molecular complexity index is 679. The molecule has 0 unspecified atom stereocenters. The van der Waals surface area contributed by atoms with E-state index in [2.05, 4.69) is 4.98 Å². The summed E-state index contributed by atoms with van der Waals surface area (Å²) < 4.78 is 25.0. The summed E-state index contributed by atoms with van der Waals surface area (Å²) in [6.45, 7) is 0. The zero-order valence-corrected chi connectivity index (χ0v) is 11.4. The largest absolute Gasteiger partial charge is 0.506 e. The predicted molar refractivity (Wildman–Crippen MR) is 72.2 cm³/mol. The van der Waals surface area contributed by atoms with Crippen molar-refractivity contribution < 1.29 is 13.5 Å². The summed E-state index contributed by atoms with van der Waals surface area (Å²) in [4.78, 5) is 4.27. The van der Waals surface area contributed by atoms with Crippen LogP contribution >= 0.6 is 0 Å². The summed E-state index contributed by atoms with van der Waals surface area (Å²) in [5, 5.41) is 9.69. The summed E-state index contributed by atoms with van der Waals surface area (Å²) in [6.07, 6.45) is 1.57. The average molecular weight is 278 g/mol. The maximum Gasteiger partial charge on any atom is 0.242 e. The van der Waals surface area contributed by atoms with Crippen LogP contribution in [0.2, 0.25) is 0 Å². The number of aromatic hydroxyl groups is 1. The van der Waals surface area contributed by atoms with Crippen molar-refractivity contribution in [2.24, 2.45) is 0 Å². The standard InChI is InChI=1S/C13H14N2O3S/c1-15(2)19(17,18)11-7-5-10(6-8-11)13-12(16)4-3-9-14-13/h3-9,16H,1-2H3. The number of sulfonamides is 1. The second-order valence-corrected chi connectivity index (χ2v) is 6.33. The van der Waals surface area contributed by atoms with Crippen molar-refractivity contribution in [2.45, 2.75) is 4.90 Å². The van der Waals surface area contributed by atoms with Crippen LogP contribution in [0.25, 0.3) is 11.3 Å². The van der Waals surface area contributed by atoms with Crippen LogP contribution in [0, 0.1) is 0 Å². The maximum absolute atomic E-state index is 11.9. The number of nitrogens with zero attached hydrogens (tertiary/aromatic N) is 2. The number of hydrogen-bond acceptors (Lipinski definition) is 4. The molecule has 0 radical (unpaired) electrons. The third-order valence-electron chi connectivity index (χ3n) is 2.69. The summed E-state index contributed by atoms with van der Waals surface area (Å²) in [5.74, 6) is 0.0608. The van der Waals surface area contributed by atoms with Gasteiger partial charge in [-0.1, -0.05) is 12.1 Å². The van der Waals surface area contributed by atoms with Crippen molar-refractivity contribution in [3.8, 4) is 17.0 Å². The van der Waals surface area contributed by atoms with Crippen LogP contribution < -0.4 is 0 Å². The molecule has 0 saturated heterocycles. The van der Waals surface area contributed by atoms with E-state index in [1.807, 2.05) is 0 Å². The van der Waals surface area contributed by atoms with E-state index in [9.17, 15) is 13.5 Å². The molecule has 0 aliphatic heterocycles. The molecule has 6 heteroatoms. The van der Waals surface area contributed by atoms with Crippen molar-refractivity contribution >= 4 is 10.0 Å². The molecule has 0 amide bonds. The van der Waals surface area contributed by atoms with Crippen molar-refractivity contribution in [1.82, 2.24) is 9.29 Å². The minimum absolute atomic E-state index is 0.0608. The van der Waals surface area contributed by atoms with Crippen LogP contribution in [0.15, 0.2) is 47.5 Å². The molecular weight excluding hydrogens is 264 g/mol. The average Bonchev–Trinajstić information content (AvgIpc) is 2.39. The van der Waals surface area contributed by atoms with E-state index < -0.39 is 10.0 Å². The first kappa shape index (κ1) is 13.5. The molecular formula is C13H14N2O3S. The van der Waals surface area contributed by atoms with Gasteiger partial charge in [0.2, 0.25) is 10.0 Å². The van der Waals surface area contributed by atoms with E-state index >= 15 is 0 Å². The topological polar surface area (TPSA) is 70.5 Å². The van der Waals surface area contributed by atoms with Crippen molar-refractivity contribution in [3.05, 3.63) is 42.6 Å². The van der Waals surface area contributed by atoms with Gasteiger partial charge in [-0.2, -0.15) is 0 Å². The van der Waals surface area contributed by atoms with E-state index in [0.29, 0.717) is 11.3 Å². The zero-order chi connectivity index (χ0) is 14.0. The fourth-order valence-electron chi connectivity index (χ4n) is 1.61. The summed E-state index contributed by atoms with van der Waals surface area (Å²) in [6, 6.07) is 9.41. The van der Waals surface area contributed by atoms with Gasteiger partial charge in [-0.3, -0.25) is 4.98 Å². The molecule has 19 heavy (non-hydrogen) atoms. The molecule has 2 aromatic rings. The number of benzene rings is 1. The Morgan fingerprint density at radius 3 is 2.26 bits per heavy atom. The SMILES string of the molecule is CN(C)S(=O)(=O)c1ccc(-c2ncccc2O)cc1. The summed E-state index contributed by atoms with van der Waals surface area (Å²) in [5.41, 5.74) is 1.09. The first-order valence-electron chi connectivity index (χ1n) is 5.60. The van der Waals surface area contributed by atoms with Crippen molar-refractivity contribution in [1.29, 1.82) is 0 Å². The van der Waals surface area contributed by atoms with Crippen LogP contribution in [-0.4, -0.2) is 36.9 Å². The minimum atomic E-state index is -3.44. The fourth-order valence-corrected chi connectivity index (χ4v) is 2.52. The van der Waals surface area contributed by atoms with Gasteiger partial charge in [0.15, 0.2) is 0 Å². The van der Waals surface area contributed by atoms with Crippen LogP contribution in [-0.2, 0) is 10.0 Å². The van der Waals surface area contributed by atoms with Gasteiger partial charge in [-0.25, -0.2) is 12.7 Å². The van der Waals surface area contributed by atoms with Gasteiger partial charge in [0.1, 0.15) is 11.4 Å². The van der Waals surface area contributed by atoms with Gasteiger partial charge in [-0.05, 0) is 24.3 Å². The Morgan fingerprint density at radius 2 is 1.74 bits per heavy atom. The number of aromatic nitrogens is 1. The molecule has 0 bridgehead atoms. The van der Waals surface area contributed by atoms with Gasteiger partial charge >= 0.3 is 0 Å². The summed E-state index contributed by atoms with van der Waals surface area (Å²) in [7, 11) is -0.476. The minimum Gasteiger partial charge on any atom is -0.506 e. The molecule has 1 heterocycles. The molecule has 1 aromatic heterocycles. The Kier molecular flexibility index (Phi) is 3.55. The molecule has 2 rings (SSSR count). The second-order valence-electron chi connectivity index (χ2n) is 4.18. The fraction of sp³-hybridized carbons (Fsp3) is 0.154. The molecule has 0 saturated carbocycles. The lowest BCUT2D eigenvalue weighted by Crippen LogP contribution is -2.22. The van der Waals surface area contributed by atoms with E-state index in [1.165, 1.54) is 32.3 Å². The number of hydrogen-bond donors (Lipinski definition) is 1. The molecule has 5 nitrogen and oxygen atoms in total. The highest BCUT2D eigenvalue weighted by molar-refractivity contribution is 7.89. The monoisotopic (exact) mass is 278 g/mol. The van der Waals surface area contributed by atoms with E-state index in [0.717, 1.165) is 4.31 Å². The lowest BCUT2D eigenvalue weighted by atomic mass is 10.1. The molecule has 0 aliphatic carbocycles. The highest BCUT2D eigenvalue weighted by Gasteiger charge is 2.17. The maximum atomic E-state index is 11.9. The number of rotatable bonds is 3. The molecule has 1 N–H and O–H groups in total. The molecule has 1 aromatic carbocycles. The number of pyridine rings is 1. The quantitative estimate of drug-likeness (QED) is 0.927. The highest BCUT2D eigenvalue weighted by atomic mass is 32.2. The van der Waals surface area contributed by atoms with Crippen LogP contribution in [0.4, 0.5) is 0 Å². The lowest BCUT2D eigenvalue weighted by molar-refractivity contribution is 0.475. The van der Waals surface area contributed by atoms with Crippen molar-refractivity contribution in [2.75, 3.05) is 14.1 Å². The van der Waals surface area contributed by atoms with E-state index in [-0.39, 0.29) is 10.6 Å². The molecule has 0 spiro atoms. The van der Waals surface area contributed by atoms with Crippen LogP contribution in [0.5, 0.6) is 5.75 Å². The summed E-state index contributed by atoms with van der Waals surface area (Å²) >= 11 is 0. The van der Waals surface area contributed by atoms with E-state index in [1.54, 1.807) is 24.4 Å². The van der Waals surface area contributed by atoms with Gasteiger partial charge < -0.3 is 5.11 Å². The van der Waals surface area contributed by atoms with Crippen LogP contribution in [0.3, 0.4) is 0 Å². The third kappa shape index (κ3) is 2.59. The third-order valence-corrected chi connectivity index (χ3v) is 4.52. The van der Waals surface area contributed by atoms with Crippen molar-refractivity contribution in [3.63, 3.8) is 0 Å². The lowest BCUT2D eigenvalue weighted by Gasteiger charge is -2.11. The zero-order valence-electron chi connectivity index (χ0n) is 10.6. The van der Waals surface area contributed by atoms with Gasteiger partial charge in [0.05, 0.1) is 4.90 Å². The molecule has 0 aliphatic rings. The molecule has 0 atom stereocenters. The molecule has 100 valence electrons. The first-order valence-corrected chi connectivity index (χ1v) is 7.04. The molecule has 0 fully saturated rings. The smallest absolute Gasteiger partial charge is 0.242 e. The Labute approximate surface area is 112 Å². The normalized spacial score (nSPS) is 11.7. The van der Waals surface area contributed by atoms with Gasteiger partial charge in [0.25, 0.3) is 0 Å². The predicted octanol–water partition coefficient (Wildman–Crippen LogP) is 1.70. The highest BCUT2D eigenvalue weighted by Crippen LogP contribution is 2.27. The van der Waals surface area contributed by atoms with Gasteiger partial charge in [0, 0.05) is 25.9 Å². The Balaban J connectivity index is 2.43. The first-order chi connectivity index (χ1) is 8.93. The van der Waals surface area contributed by atoms with Crippen LogP contribution in [0.1, 0.15) is 0 Å². The second kappa shape index (κ2) is 4.99.